The number of nitrogens with two attached hydrogens (primary N) is 1. The lowest BCUT2D eigenvalue weighted by Crippen LogP contribution is -2.34. The number of fused-ring (bicyclic) bond motifs is 1. The highest BCUT2D eigenvalue weighted by molar-refractivity contribution is 7.11. The smallest absolute Gasteiger partial charge is 0.267 e. The van der Waals surface area contributed by atoms with E-state index in [2.05, 4.69) is 35.1 Å². The highest BCUT2D eigenvalue weighted by Crippen LogP contribution is 2.38. The van der Waals surface area contributed by atoms with Crippen LogP contribution in [0.3, 0.4) is 0 Å². The van der Waals surface area contributed by atoms with Crippen molar-refractivity contribution in [2.75, 3.05) is 0 Å². The maximum atomic E-state index is 13.6. The van der Waals surface area contributed by atoms with Gasteiger partial charge in [-0.05, 0) is 43.9 Å². The van der Waals surface area contributed by atoms with Crippen molar-refractivity contribution in [3.8, 4) is 0 Å². The molecular weight excluding hydrogens is 384 g/mol. The molecule has 1 aliphatic rings. The van der Waals surface area contributed by atoms with Gasteiger partial charge in [0.1, 0.15) is 10.6 Å². The Hall–Kier alpha value is -3.06. The minimum absolute atomic E-state index is 0.0696. The normalized spacial score (nSPS) is 15.2. The molecule has 0 spiro atoms. The van der Waals surface area contributed by atoms with E-state index in [0.717, 1.165) is 18.4 Å². The van der Waals surface area contributed by atoms with Gasteiger partial charge in [0.15, 0.2) is 0 Å². The number of amides is 2. The van der Waals surface area contributed by atoms with Crippen LogP contribution in [0.4, 0.5) is 0 Å². The third-order valence-electron chi connectivity index (χ3n) is 5.39. The molecule has 7 heteroatoms. The van der Waals surface area contributed by atoms with Crippen LogP contribution in [0.2, 0.25) is 0 Å². The van der Waals surface area contributed by atoms with Crippen LogP contribution in [0.5, 0.6) is 0 Å². The van der Waals surface area contributed by atoms with Crippen molar-refractivity contribution < 1.29 is 9.59 Å². The van der Waals surface area contributed by atoms with E-state index >= 15 is 0 Å². The molecule has 1 atom stereocenters. The number of aryl methyl sites for hydroxylation is 3. The maximum Gasteiger partial charge on any atom is 0.267 e. The summed E-state index contributed by atoms with van der Waals surface area (Å²) in [5, 5.41) is 0. The molecule has 0 bridgehead atoms. The molecule has 6 nitrogen and oxygen atoms in total. The van der Waals surface area contributed by atoms with Crippen LogP contribution in [0.15, 0.2) is 42.0 Å². The molecule has 0 radical (unpaired) electrons. The van der Waals surface area contributed by atoms with Gasteiger partial charge in [-0.3, -0.25) is 14.6 Å². The number of hydrogen-bond donors (Lipinski definition) is 1. The van der Waals surface area contributed by atoms with Gasteiger partial charge in [-0.25, -0.2) is 4.98 Å². The third-order valence-corrected chi connectivity index (χ3v) is 6.31. The zero-order valence-electron chi connectivity index (χ0n) is 16.4. The van der Waals surface area contributed by atoms with Crippen molar-refractivity contribution in [2.24, 2.45) is 5.73 Å². The molecule has 1 aromatic carbocycles. The zero-order valence-corrected chi connectivity index (χ0v) is 17.2. The zero-order chi connectivity index (χ0) is 20.5. The van der Waals surface area contributed by atoms with E-state index in [9.17, 15) is 9.59 Å². The predicted molar refractivity (Wildman–Crippen MR) is 112 cm³/mol. The quantitative estimate of drug-likeness (QED) is 0.701. The highest BCUT2D eigenvalue weighted by Gasteiger charge is 2.33. The summed E-state index contributed by atoms with van der Waals surface area (Å²) in [6.07, 6.45) is 3.30. The van der Waals surface area contributed by atoms with E-state index in [4.69, 9.17) is 5.73 Å². The van der Waals surface area contributed by atoms with Crippen molar-refractivity contribution in [1.29, 1.82) is 0 Å². The number of primary amides is 1. The fourth-order valence-electron chi connectivity index (χ4n) is 3.96. The lowest BCUT2D eigenvalue weighted by atomic mass is 10.0. The van der Waals surface area contributed by atoms with E-state index in [0.29, 0.717) is 16.1 Å². The van der Waals surface area contributed by atoms with Crippen molar-refractivity contribution >= 4 is 23.2 Å². The van der Waals surface area contributed by atoms with Gasteiger partial charge in [0.05, 0.1) is 17.2 Å². The largest absolute Gasteiger partial charge is 0.364 e. The maximum absolute atomic E-state index is 13.6. The van der Waals surface area contributed by atoms with Crippen LogP contribution >= 0.6 is 11.3 Å². The molecule has 148 valence electrons. The van der Waals surface area contributed by atoms with Crippen LogP contribution in [-0.4, -0.2) is 26.7 Å². The average molecular weight is 407 g/mol. The standard InChI is InChI=1S/C22H22N4O2S/c1-13-5-6-15-7-8-18(17(15)10-13)26(22(28)20-14(2)25-12-29-20)11-16-4-3-9-24-19(16)21(23)27/h3-6,9-10,12,18H,7-8,11H2,1-2H3,(H2,23,27)/t18-/m1/s1. The Balaban J connectivity index is 1.78. The van der Waals surface area contributed by atoms with Crippen LogP contribution in [0.1, 0.15) is 60.6 Å². The summed E-state index contributed by atoms with van der Waals surface area (Å²) < 4.78 is 0. The second-order valence-corrected chi connectivity index (χ2v) is 8.19. The first kappa shape index (κ1) is 19.3. The molecule has 0 fully saturated rings. The molecule has 0 saturated heterocycles. The van der Waals surface area contributed by atoms with Crippen LogP contribution in [-0.2, 0) is 13.0 Å². The molecule has 2 amide bonds. The van der Waals surface area contributed by atoms with E-state index < -0.39 is 5.91 Å². The first-order valence-electron chi connectivity index (χ1n) is 9.50. The molecule has 0 aliphatic heterocycles. The van der Waals surface area contributed by atoms with Gasteiger partial charge >= 0.3 is 0 Å². The van der Waals surface area contributed by atoms with Gasteiger partial charge in [0.2, 0.25) is 0 Å². The van der Waals surface area contributed by atoms with Gasteiger partial charge in [-0.15, -0.1) is 11.3 Å². The summed E-state index contributed by atoms with van der Waals surface area (Å²) in [4.78, 5) is 36.3. The molecule has 0 saturated carbocycles. The number of carbonyl (C=O) groups excluding carboxylic acids is 2. The number of nitrogens with zero attached hydrogens (tertiary/aromatic N) is 3. The van der Waals surface area contributed by atoms with E-state index in [-0.39, 0.29) is 24.2 Å². The number of hydrogen-bond acceptors (Lipinski definition) is 5. The Labute approximate surface area is 173 Å². The Morgan fingerprint density at radius 2 is 2.07 bits per heavy atom. The fourth-order valence-corrected chi connectivity index (χ4v) is 4.71. The third kappa shape index (κ3) is 3.65. The van der Waals surface area contributed by atoms with Gasteiger partial charge in [0.25, 0.3) is 11.8 Å². The molecule has 1 aliphatic carbocycles. The number of pyridine rings is 1. The fraction of sp³-hybridized carbons (Fsp3) is 0.273. The van der Waals surface area contributed by atoms with Crippen molar-refractivity contribution in [3.05, 3.63) is 80.6 Å². The topological polar surface area (TPSA) is 89.2 Å². The summed E-state index contributed by atoms with van der Waals surface area (Å²) in [5.74, 6) is -0.673. The number of rotatable bonds is 5. The van der Waals surface area contributed by atoms with Gasteiger partial charge in [0, 0.05) is 18.3 Å². The summed E-state index contributed by atoms with van der Waals surface area (Å²) in [7, 11) is 0. The number of thiazole rings is 1. The Kier molecular flexibility index (Phi) is 5.15. The second-order valence-electron chi connectivity index (χ2n) is 7.33. The van der Waals surface area contributed by atoms with E-state index in [1.54, 1.807) is 17.6 Å². The molecule has 2 aromatic heterocycles. The minimum atomic E-state index is -0.593. The van der Waals surface area contributed by atoms with Crippen molar-refractivity contribution in [3.63, 3.8) is 0 Å². The van der Waals surface area contributed by atoms with Crippen LogP contribution in [0.25, 0.3) is 0 Å². The Bertz CT molecular complexity index is 1090. The van der Waals surface area contributed by atoms with Gasteiger partial charge < -0.3 is 10.6 Å². The Morgan fingerprint density at radius 1 is 1.24 bits per heavy atom. The number of aromatic nitrogens is 2. The predicted octanol–water partition coefficient (Wildman–Crippen LogP) is 3.58. The molecule has 2 N–H and O–H groups in total. The van der Waals surface area contributed by atoms with Crippen molar-refractivity contribution in [1.82, 2.24) is 14.9 Å². The monoisotopic (exact) mass is 406 g/mol. The SMILES string of the molecule is Cc1ccc2c(c1)[C@H](N(Cc1cccnc1C(N)=O)C(=O)c1scnc1C)CC2. The second kappa shape index (κ2) is 7.75. The molecule has 3 aromatic rings. The molecular formula is C22H22N4O2S. The lowest BCUT2D eigenvalue weighted by molar-refractivity contribution is 0.0660. The number of carbonyl (C=O) groups is 2. The first-order valence-corrected chi connectivity index (χ1v) is 10.4. The first-order chi connectivity index (χ1) is 14.0. The summed E-state index contributed by atoms with van der Waals surface area (Å²) in [6, 6.07) is 9.90. The summed E-state index contributed by atoms with van der Waals surface area (Å²) in [6.45, 7) is 4.16. The molecule has 29 heavy (non-hydrogen) atoms. The highest BCUT2D eigenvalue weighted by atomic mass is 32.1. The molecule has 4 rings (SSSR count). The average Bonchev–Trinajstić information content (AvgIpc) is 3.31. The van der Waals surface area contributed by atoms with Crippen molar-refractivity contribution in [2.45, 2.75) is 39.3 Å². The van der Waals surface area contributed by atoms with Gasteiger partial charge in [-0.2, -0.15) is 0 Å². The van der Waals surface area contributed by atoms with Gasteiger partial charge in [-0.1, -0.05) is 29.8 Å². The van der Waals surface area contributed by atoms with E-state index in [1.165, 1.54) is 28.7 Å². The lowest BCUT2D eigenvalue weighted by Gasteiger charge is -2.30. The number of benzene rings is 1. The van der Waals surface area contributed by atoms with Crippen LogP contribution in [0, 0.1) is 13.8 Å². The summed E-state index contributed by atoms with van der Waals surface area (Å²) >= 11 is 1.34. The molecule has 2 heterocycles. The van der Waals surface area contributed by atoms with Crippen LogP contribution < -0.4 is 5.73 Å². The molecule has 0 unspecified atom stereocenters. The van der Waals surface area contributed by atoms with E-state index in [1.807, 2.05) is 11.8 Å². The Morgan fingerprint density at radius 3 is 2.79 bits per heavy atom. The summed E-state index contributed by atoms with van der Waals surface area (Å²) in [5.41, 5.74) is 12.4. The minimum Gasteiger partial charge on any atom is -0.364 e.